The fourth-order valence-corrected chi connectivity index (χ4v) is 6.11. The highest BCUT2D eigenvalue weighted by molar-refractivity contribution is 5.98. The molecule has 5 rings (SSSR count). The summed E-state index contributed by atoms with van der Waals surface area (Å²) < 4.78 is 43.7. The second kappa shape index (κ2) is 11.6. The van der Waals surface area contributed by atoms with Gasteiger partial charge < -0.3 is 14.5 Å². The highest BCUT2D eigenvalue weighted by Gasteiger charge is 2.37. The fourth-order valence-electron chi connectivity index (χ4n) is 6.11. The van der Waals surface area contributed by atoms with Gasteiger partial charge in [0.25, 0.3) is 0 Å². The van der Waals surface area contributed by atoms with Gasteiger partial charge in [0.1, 0.15) is 6.26 Å². The van der Waals surface area contributed by atoms with E-state index in [4.69, 9.17) is 4.52 Å². The molecule has 1 saturated heterocycles. The summed E-state index contributed by atoms with van der Waals surface area (Å²) in [6.07, 6.45) is 3.73. The molecule has 1 saturated carbocycles. The molecule has 1 aromatic heterocycles. The number of carbonyl (C=O) groups is 2. The van der Waals surface area contributed by atoms with Crippen LogP contribution in [0.2, 0.25) is 0 Å². The average molecular weight is 555 g/mol. The summed E-state index contributed by atoms with van der Waals surface area (Å²) in [6.45, 7) is 1.28. The van der Waals surface area contributed by atoms with Gasteiger partial charge in [-0.15, -0.1) is 0 Å². The van der Waals surface area contributed by atoms with Crippen molar-refractivity contribution in [1.82, 2.24) is 10.1 Å². The molecule has 2 aliphatic rings. The molecule has 0 bridgehead atoms. The Morgan fingerprint density at radius 2 is 1.75 bits per heavy atom. The number of ketones is 1. The standard InChI is InChI=1S/C31H33F3N2O4/c32-31(33,34)27-3-1-2-24(17-27)28(37)8-9-29(38)36-15-12-22(19-36)16-21-10-13-30(39,14-11-21)26-6-4-23(5-7-26)25-18-35-40-20-25/h1-7,17-18,20-22,39H,8-16,19H2/t21?,22-,30?/m1/s1. The van der Waals surface area contributed by atoms with E-state index in [-0.39, 0.29) is 24.3 Å². The number of amides is 1. The van der Waals surface area contributed by atoms with E-state index >= 15 is 0 Å². The van der Waals surface area contributed by atoms with Gasteiger partial charge in [-0.25, -0.2) is 0 Å². The van der Waals surface area contributed by atoms with Crippen LogP contribution in [0.3, 0.4) is 0 Å². The largest absolute Gasteiger partial charge is 0.416 e. The van der Waals surface area contributed by atoms with Gasteiger partial charge in [-0.3, -0.25) is 9.59 Å². The van der Waals surface area contributed by atoms with Crippen LogP contribution in [0.1, 0.15) is 72.9 Å². The van der Waals surface area contributed by atoms with E-state index in [9.17, 15) is 27.9 Å². The highest BCUT2D eigenvalue weighted by atomic mass is 19.4. The molecule has 212 valence electrons. The molecule has 9 heteroatoms. The lowest BCUT2D eigenvalue weighted by Gasteiger charge is -2.37. The number of aliphatic hydroxyl groups is 1. The van der Waals surface area contributed by atoms with Crippen LogP contribution in [0.25, 0.3) is 11.1 Å². The van der Waals surface area contributed by atoms with Gasteiger partial charge in [0.05, 0.1) is 17.4 Å². The lowest BCUT2D eigenvalue weighted by atomic mass is 9.72. The Morgan fingerprint density at radius 3 is 2.42 bits per heavy atom. The monoisotopic (exact) mass is 554 g/mol. The molecule has 0 spiro atoms. The molecular formula is C31H33F3N2O4. The maximum absolute atomic E-state index is 12.9. The molecule has 1 atom stereocenters. The maximum atomic E-state index is 12.9. The summed E-state index contributed by atoms with van der Waals surface area (Å²) in [7, 11) is 0. The van der Waals surface area contributed by atoms with Gasteiger partial charge in [0.15, 0.2) is 5.78 Å². The Kier molecular flexibility index (Phi) is 8.12. The Labute approximate surface area is 231 Å². The number of Topliss-reactive ketones (excluding diaryl/α,β-unsaturated/α-hetero) is 1. The van der Waals surface area contributed by atoms with E-state index in [2.05, 4.69) is 5.16 Å². The number of hydrogen-bond donors (Lipinski definition) is 1. The highest BCUT2D eigenvalue weighted by Crippen LogP contribution is 2.42. The number of aromatic nitrogens is 1. The van der Waals surface area contributed by atoms with Crippen LogP contribution < -0.4 is 0 Å². The first kappa shape index (κ1) is 28.1. The summed E-state index contributed by atoms with van der Waals surface area (Å²) >= 11 is 0. The zero-order chi connectivity index (χ0) is 28.3. The minimum absolute atomic E-state index is 0.00580. The summed E-state index contributed by atoms with van der Waals surface area (Å²) in [5.41, 5.74) is 1.08. The first-order valence-electron chi connectivity index (χ1n) is 13.8. The summed E-state index contributed by atoms with van der Waals surface area (Å²) in [6, 6.07) is 12.2. The molecule has 40 heavy (non-hydrogen) atoms. The third kappa shape index (κ3) is 6.46. The van der Waals surface area contributed by atoms with Crippen molar-refractivity contribution >= 4 is 11.7 Å². The van der Waals surface area contributed by atoms with Crippen LogP contribution in [-0.4, -0.2) is 39.9 Å². The van der Waals surface area contributed by atoms with Crippen LogP contribution in [0.15, 0.2) is 65.5 Å². The van der Waals surface area contributed by atoms with Crippen LogP contribution in [0, 0.1) is 11.8 Å². The van der Waals surface area contributed by atoms with Crippen molar-refractivity contribution in [3.05, 3.63) is 77.7 Å². The molecule has 2 heterocycles. The Bertz CT molecular complexity index is 1310. The third-order valence-electron chi connectivity index (χ3n) is 8.50. The quantitative estimate of drug-likeness (QED) is 0.316. The number of rotatable bonds is 8. The minimum Gasteiger partial charge on any atom is -0.385 e. The van der Waals surface area contributed by atoms with Crippen LogP contribution in [0.5, 0.6) is 0 Å². The molecule has 3 aromatic rings. The second-order valence-corrected chi connectivity index (χ2v) is 11.2. The van der Waals surface area contributed by atoms with Gasteiger partial charge >= 0.3 is 6.18 Å². The molecule has 1 N–H and O–H groups in total. The van der Waals surface area contributed by atoms with Gasteiger partial charge in [-0.1, -0.05) is 41.6 Å². The molecular weight excluding hydrogens is 521 g/mol. The predicted molar refractivity (Wildman–Crippen MR) is 142 cm³/mol. The van der Waals surface area contributed by atoms with Crippen molar-refractivity contribution in [2.45, 2.75) is 63.1 Å². The van der Waals surface area contributed by atoms with Crippen LogP contribution in [-0.2, 0) is 16.6 Å². The van der Waals surface area contributed by atoms with Crippen molar-refractivity contribution in [2.75, 3.05) is 13.1 Å². The van der Waals surface area contributed by atoms with Crippen molar-refractivity contribution in [1.29, 1.82) is 0 Å². The Morgan fingerprint density at radius 1 is 1.00 bits per heavy atom. The lowest BCUT2D eigenvalue weighted by Crippen LogP contribution is -2.32. The van der Waals surface area contributed by atoms with Gasteiger partial charge in [0, 0.05) is 37.1 Å². The van der Waals surface area contributed by atoms with E-state index in [0.29, 0.717) is 37.8 Å². The number of carbonyl (C=O) groups excluding carboxylic acids is 2. The minimum atomic E-state index is -4.52. The van der Waals surface area contributed by atoms with Crippen LogP contribution in [0.4, 0.5) is 13.2 Å². The van der Waals surface area contributed by atoms with Gasteiger partial charge in [-0.2, -0.15) is 13.2 Å². The molecule has 1 aliphatic carbocycles. The lowest BCUT2D eigenvalue weighted by molar-refractivity contribution is -0.137. The summed E-state index contributed by atoms with van der Waals surface area (Å²) in [5, 5.41) is 15.1. The number of nitrogens with zero attached hydrogens (tertiary/aromatic N) is 2. The van der Waals surface area contributed by atoms with Crippen LogP contribution >= 0.6 is 0 Å². The summed E-state index contributed by atoms with van der Waals surface area (Å²) in [5.74, 6) is 0.273. The number of likely N-dealkylation sites (tertiary alicyclic amines) is 1. The first-order valence-corrected chi connectivity index (χ1v) is 13.8. The molecule has 1 aliphatic heterocycles. The normalized spacial score (nSPS) is 23.4. The Hall–Kier alpha value is -3.46. The SMILES string of the molecule is O=C(CCC(=O)N1CC[C@H](CC2CCC(O)(c3ccc(-c4cnoc4)cc3)CC2)C1)c1cccc(C(F)(F)F)c1. The van der Waals surface area contributed by atoms with Crippen molar-refractivity contribution in [3.8, 4) is 11.1 Å². The smallest absolute Gasteiger partial charge is 0.385 e. The number of benzene rings is 2. The van der Waals surface area contributed by atoms with E-state index < -0.39 is 23.1 Å². The molecule has 0 unspecified atom stereocenters. The van der Waals surface area contributed by atoms with E-state index in [1.165, 1.54) is 12.1 Å². The Balaban J connectivity index is 1.06. The predicted octanol–water partition coefficient (Wildman–Crippen LogP) is 6.64. The van der Waals surface area contributed by atoms with E-state index in [1.807, 2.05) is 24.3 Å². The van der Waals surface area contributed by atoms with Crippen molar-refractivity contribution < 1.29 is 32.4 Å². The van der Waals surface area contributed by atoms with Crippen molar-refractivity contribution in [3.63, 3.8) is 0 Å². The zero-order valence-corrected chi connectivity index (χ0v) is 22.2. The first-order chi connectivity index (χ1) is 19.1. The van der Waals surface area contributed by atoms with E-state index in [1.54, 1.807) is 17.4 Å². The van der Waals surface area contributed by atoms with Crippen molar-refractivity contribution in [2.24, 2.45) is 11.8 Å². The second-order valence-electron chi connectivity index (χ2n) is 11.2. The number of hydrogen-bond acceptors (Lipinski definition) is 5. The third-order valence-corrected chi connectivity index (χ3v) is 8.50. The molecule has 0 radical (unpaired) electrons. The average Bonchev–Trinajstić information content (AvgIpc) is 3.66. The number of alkyl halides is 3. The van der Waals surface area contributed by atoms with Gasteiger partial charge in [-0.05, 0) is 73.6 Å². The number of halogens is 3. The fraction of sp³-hybridized carbons (Fsp3) is 0.452. The zero-order valence-electron chi connectivity index (χ0n) is 22.2. The molecule has 2 fully saturated rings. The summed E-state index contributed by atoms with van der Waals surface area (Å²) in [4.78, 5) is 26.9. The maximum Gasteiger partial charge on any atom is 0.416 e. The molecule has 6 nitrogen and oxygen atoms in total. The van der Waals surface area contributed by atoms with E-state index in [0.717, 1.165) is 54.5 Å². The van der Waals surface area contributed by atoms with Gasteiger partial charge in [0.2, 0.25) is 5.91 Å². The molecule has 2 aromatic carbocycles. The molecule has 1 amide bonds. The topological polar surface area (TPSA) is 83.6 Å².